The van der Waals surface area contributed by atoms with Crippen LogP contribution in [0.15, 0.2) is 34.7 Å². The third kappa shape index (κ3) is 3.43. The molecular weight excluding hydrogens is 318 g/mol. The van der Waals surface area contributed by atoms with Gasteiger partial charge in [0.1, 0.15) is 11.7 Å². The van der Waals surface area contributed by atoms with Gasteiger partial charge in [-0.25, -0.2) is 4.79 Å². The summed E-state index contributed by atoms with van der Waals surface area (Å²) >= 11 is 0. The molecule has 2 heterocycles. The SMILES string of the molecule is CCOC(=O)C(C)n1c(-c2nnc(CC(C)C)o2)cc2ccccc21. The van der Waals surface area contributed by atoms with E-state index in [2.05, 4.69) is 24.0 Å². The highest BCUT2D eigenvalue weighted by Gasteiger charge is 2.24. The summed E-state index contributed by atoms with van der Waals surface area (Å²) in [7, 11) is 0. The van der Waals surface area contributed by atoms with E-state index in [9.17, 15) is 4.79 Å². The molecule has 1 unspecified atom stereocenters. The van der Waals surface area contributed by atoms with Crippen LogP contribution in [0, 0.1) is 5.92 Å². The maximum atomic E-state index is 12.3. The number of esters is 1. The van der Waals surface area contributed by atoms with Crippen molar-refractivity contribution in [1.82, 2.24) is 14.8 Å². The van der Waals surface area contributed by atoms with Gasteiger partial charge in [-0.05, 0) is 31.9 Å². The van der Waals surface area contributed by atoms with Crippen LogP contribution in [0.4, 0.5) is 0 Å². The van der Waals surface area contributed by atoms with Crippen molar-refractivity contribution >= 4 is 16.9 Å². The van der Waals surface area contributed by atoms with E-state index in [1.54, 1.807) is 6.92 Å². The smallest absolute Gasteiger partial charge is 0.328 e. The first kappa shape index (κ1) is 17.2. The number of carbonyl (C=O) groups excluding carboxylic acids is 1. The summed E-state index contributed by atoms with van der Waals surface area (Å²) in [4.78, 5) is 12.3. The van der Waals surface area contributed by atoms with E-state index in [-0.39, 0.29) is 5.97 Å². The molecule has 1 atom stereocenters. The average molecular weight is 341 g/mol. The van der Waals surface area contributed by atoms with Gasteiger partial charge in [-0.3, -0.25) is 0 Å². The fourth-order valence-corrected chi connectivity index (χ4v) is 2.91. The van der Waals surface area contributed by atoms with E-state index in [0.717, 1.165) is 23.0 Å². The Balaban J connectivity index is 2.09. The first-order valence-electron chi connectivity index (χ1n) is 8.60. The number of hydrogen-bond donors (Lipinski definition) is 0. The second-order valence-electron chi connectivity index (χ2n) is 6.49. The molecule has 0 spiro atoms. The highest BCUT2D eigenvalue weighted by atomic mass is 16.5. The number of carbonyl (C=O) groups is 1. The summed E-state index contributed by atoms with van der Waals surface area (Å²) in [5.41, 5.74) is 1.66. The second kappa shape index (κ2) is 7.09. The fourth-order valence-electron chi connectivity index (χ4n) is 2.91. The molecule has 25 heavy (non-hydrogen) atoms. The lowest BCUT2D eigenvalue weighted by Crippen LogP contribution is -2.19. The number of nitrogens with zero attached hydrogens (tertiary/aromatic N) is 3. The molecule has 0 saturated heterocycles. The van der Waals surface area contributed by atoms with Crippen molar-refractivity contribution in [3.05, 3.63) is 36.2 Å². The van der Waals surface area contributed by atoms with E-state index < -0.39 is 6.04 Å². The first-order chi connectivity index (χ1) is 12.0. The Morgan fingerprint density at radius 2 is 2.00 bits per heavy atom. The quantitative estimate of drug-likeness (QED) is 0.634. The summed E-state index contributed by atoms with van der Waals surface area (Å²) < 4.78 is 12.9. The van der Waals surface area contributed by atoms with Gasteiger partial charge >= 0.3 is 5.97 Å². The second-order valence-corrected chi connectivity index (χ2v) is 6.49. The Kier molecular flexibility index (Phi) is 4.88. The van der Waals surface area contributed by atoms with Crippen LogP contribution in [0.2, 0.25) is 0 Å². The minimum Gasteiger partial charge on any atom is -0.464 e. The van der Waals surface area contributed by atoms with Crippen LogP contribution in [0.25, 0.3) is 22.5 Å². The molecule has 6 nitrogen and oxygen atoms in total. The number of benzene rings is 1. The third-order valence-corrected chi connectivity index (χ3v) is 4.03. The predicted molar refractivity (Wildman–Crippen MR) is 95.1 cm³/mol. The van der Waals surface area contributed by atoms with Crippen LogP contribution in [-0.2, 0) is 16.0 Å². The van der Waals surface area contributed by atoms with Gasteiger partial charge < -0.3 is 13.7 Å². The Morgan fingerprint density at radius 3 is 2.72 bits per heavy atom. The van der Waals surface area contributed by atoms with E-state index >= 15 is 0 Å². The summed E-state index contributed by atoms with van der Waals surface area (Å²) in [6.07, 6.45) is 0.723. The Bertz CT molecular complexity index is 879. The van der Waals surface area contributed by atoms with Crippen LogP contribution in [0.5, 0.6) is 0 Å². The van der Waals surface area contributed by atoms with Gasteiger partial charge in [-0.1, -0.05) is 32.0 Å². The third-order valence-electron chi connectivity index (χ3n) is 4.03. The molecule has 0 aliphatic heterocycles. The highest BCUT2D eigenvalue weighted by Crippen LogP contribution is 2.31. The molecular formula is C19H23N3O3. The van der Waals surface area contributed by atoms with E-state index in [1.807, 2.05) is 41.8 Å². The van der Waals surface area contributed by atoms with Crippen molar-refractivity contribution in [2.24, 2.45) is 5.92 Å². The molecule has 0 amide bonds. The zero-order valence-electron chi connectivity index (χ0n) is 15.0. The van der Waals surface area contributed by atoms with Crippen LogP contribution < -0.4 is 0 Å². The topological polar surface area (TPSA) is 70.2 Å². The van der Waals surface area contributed by atoms with Gasteiger partial charge in [-0.15, -0.1) is 10.2 Å². The molecule has 0 saturated carbocycles. The number of hydrogen-bond acceptors (Lipinski definition) is 5. The van der Waals surface area contributed by atoms with Crippen LogP contribution in [-0.4, -0.2) is 27.3 Å². The van der Waals surface area contributed by atoms with Gasteiger partial charge in [0.25, 0.3) is 5.89 Å². The number of fused-ring (bicyclic) bond motifs is 1. The Morgan fingerprint density at radius 1 is 1.24 bits per heavy atom. The molecule has 0 N–H and O–H groups in total. The number of rotatable bonds is 6. The molecule has 0 radical (unpaired) electrons. The van der Waals surface area contributed by atoms with Crippen molar-refractivity contribution < 1.29 is 13.9 Å². The molecule has 132 valence electrons. The van der Waals surface area contributed by atoms with Crippen LogP contribution in [0.1, 0.15) is 39.6 Å². The normalized spacial score (nSPS) is 12.7. The predicted octanol–water partition coefficient (Wildman–Crippen LogP) is 4.01. The lowest BCUT2D eigenvalue weighted by molar-refractivity contribution is -0.146. The zero-order chi connectivity index (χ0) is 18.0. The number of ether oxygens (including phenoxy) is 1. The largest absolute Gasteiger partial charge is 0.464 e. The summed E-state index contributed by atoms with van der Waals surface area (Å²) in [5.74, 6) is 1.17. The fraction of sp³-hybridized carbons (Fsp3) is 0.421. The minimum atomic E-state index is -0.490. The average Bonchev–Trinajstić information content (AvgIpc) is 3.17. The zero-order valence-corrected chi connectivity index (χ0v) is 15.0. The standard InChI is InChI=1S/C19H23N3O3/c1-5-24-19(23)13(4)22-15-9-7-6-8-14(15)11-16(22)18-21-20-17(25-18)10-12(2)3/h6-9,11-13H,5,10H2,1-4H3. The maximum absolute atomic E-state index is 12.3. The van der Waals surface area contributed by atoms with E-state index in [1.165, 1.54) is 0 Å². The minimum absolute atomic E-state index is 0.285. The molecule has 0 aliphatic rings. The molecule has 0 aliphatic carbocycles. The molecule has 0 fully saturated rings. The molecule has 3 rings (SSSR count). The molecule has 6 heteroatoms. The van der Waals surface area contributed by atoms with Gasteiger partial charge in [0, 0.05) is 17.3 Å². The lowest BCUT2D eigenvalue weighted by atomic mass is 10.1. The van der Waals surface area contributed by atoms with Crippen LogP contribution >= 0.6 is 0 Å². The van der Waals surface area contributed by atoms with Crippen molar-refractivity contribution in [1.29, 1.82) is 0 Å². The molecule has 3 aromatic rings. The van der Waals surface area contributed by atoms with Gasteiger partial charge in [0.2, 0.25) is 5.89 Å². The number of para-hydroxylation sites is 1. The van der Waals surface area contributed by atoms with Crippen molar-refractivity contribution in [2.45, 2.75) is 40.2 Å². The first-order valence-corrected chi connectivity index (χ1v) is 8.60. The number of aromatic nitrogens is 3. The summed E-state index contributed by atoms with van der Waals surface area (Å²) in [5, 5.41) is 9.34. The van der Waals surface area contributed by atoms with E-state index in [4.69, 9.17) is 9.15 Å². The van der Waals surface area contributed by atoms with Crippen molar-refractivity contribution in [2.75, 3.05) is 6.61 Å². The van der Waals surface area contributed by atoms with E-state index in [0.29, 0.717) is 24.3 Å². The monoisotopic (exact) mass is 341 g/mol. The molecule has 2 aromatic heterocycles. The van der Waals surface area contributed by atoms with Crippen molar-refractivity contribution in [3.8, 4) is 11.6 Å². The van der Waals surface area contributed by atoms with Crippen molar-refractivity contribution in [3.63, 3.8) is 0 Å². The maximum Gasteiger partial charge on any atom is 0.328 e. The molecule has 0 bridgehead atoms. The summed E-state index contributed by atoms with van der Waals surface area (Å²) in [6.45, 7) is 8.17. The Hall–Kier alpha value is -2.63. The van der Waals surface area contributed by atoms with Gasteiger partial charge in [-0.2, -0.15) is 0 Å². The molecule has 1 aromatic carbocycles. The van der Waals surface area contributed by atoms with Gasteiger partial charge in [0.05, 0.1) is 6.61 Å². The highest BCUT2D eigenvalue weighted by molar-refractivity contribution is 5.88. The summed E-state index contributed by atoms with van der Waals surface area (Å²) in [6, 6.07) is 9.36. The lowest BCUT2D eigenvalue weighted by Gasteiger charge is -2.16. The van der Waals surface area contributed by atoms with Gasteiger partial charge in [0.15, 0.2) is 0 Å². The van der Waals surface area contributed by atoms with Crippen LogP contribution in [0.3, 0.4) is 0 Å². The Labute approximate surface area is 146 Å².